The van der Waals surface area contributed by atoms with E-state index in [-0.39, 0.29) is 12.3 Å². The van der Waals surface area contributed by atoms with Crippen molar-refractivity contribution in [3.8, 4) is 0 Å². The summed E-state index contributed by atoms with van der Waals surface area (Å²) in [7, 11) is 0. The minimum atomic E-state index is -0.798. The molecular formula is C9H14BrNO3. The Kier molecular flexibility index (Phi) is 4.38. The SMILES string of the molecule is O=C(O)CCCN1CC(CBr)CC1=O. The first-order chi connectivity index (χ1) is 6.63. The fourth-order valence-electron chi connectivity index (χ4n) is 1.59. The van der Waals surface area contributed by atoms with Crippen molar-refractivity contribution in [2.45, 2.75) is 19.3 Å². The van der Waals surface area contributed by atoms with Gasteiger partial charge in [-0.25, -0.2) is 0 Å². The van der Waals surface area contributed by atoms with Crippen LogP contribution in [0, 0.1) is 5.92 Å². The number of nitrogens with zero attached hydrogens (tertiary/aromatic N) is 1. The Morgan fingerprint density at radius 3 is 2.86 bits per heavy atom. The summed E-state index contributed by atoms with van der Waals surface area (Å²) in [5.74, 6) is -0.249. The minimum Gasteiger partial charge on any atom is -0.481 e. The van der Waals surface area contributed by atoms with Gasteiger partial charge in [0.15, 0.2) is 0 Å². The Labute approximate surface area is 91.4 Å². The number of hydrogen-bond acceptors (Lipinski definition) is 2. The smallest absolute Gasteiger partial charge is 0.303 e. The molecule has 4 nitrogen and oxygen atoms in total. The second-order valence-corrected chi connectivity index (χ2v) is 4.21. The fourth-order valence-corrected chi connectivity index (χ4v) is 2.03. The zero-order chi connectivity index (χ0) is 10.6. The molecule has 0 aromatic carbocycles. The highest BCUT2D eigenvalue weighted by molar-refractivity contribution is 9.09. The van der Waals surface area contributed by atoms with Gasteiger partial charge in [-0.15, -0.1) is 0 Å². The van der Waals surface area contributed by atoms with Crippen molar-refractivity contribution in [1.82, 2.24) is 4.90 Å². The van der Waals surface area contributed by atoms with Crippen LogP contribution >= 0.6 is 15.9 Å². The van der Waals surface area contributed by atoms with Crippen molar-refractivity contribution in [1.29, 1.82) is 0 Å². The van der Waals surface area contributed by atoms with Crippen LogP contribution in [-0.2, 0) is 9.59 Å². The first-order valence-electron chi connectivity index (χ1n) is 4.69. The van der Waals surface area contributed by atoms with Gasteiger partial charge in [-0.2, -0.15) is 0 Å². The van der Waals surface area contributed by atoms with Crippen LogP contribution in [0.4, 0.5) is 0 Å². The van der Waals surface area contributed by atoms with Crippen molar-refractivity contribution in [2.75, 3.05) is 18.4 Å². The number of alkyl halides is 1. The summed E-state index contributed by atoms with van der Waals surface area (Å²) < 4.78 is 0. The first-order valence-corrected chi connectivity index (χ1v) is 5.81. The molecule has 0 aromatic heterocycles. The monoisotopic (exact) mass is 263 g/mol. The van der Waals surface area contributed by atoms with Gasteiger partial charge in [-0.3, -0.25) is 9.59 Å². The number of aliphatic carboxylic acids is 1. The highest BCUT2D eigenvalue weighted by Gasteiger charge is 2.28. The molecule has 1 aliphatic heterocycles. The molecule has 5 heteroatoms. The summed E-state index contributed by atoms with van der Waals surface area (Å²) >= 11 is 3.35. The van der Waals surface area contributed by atoms with Gasteiger partial charge in [0.05, 0.1) is 0 Å². The van der Waals surface area contributed by atoms with E-state index in [1.807, 2.05) is 0 Å². The van der Waals surface area contributed by atoms with Gasteiger partial charge in [0.2, 0.25) is 5.91 Å². The maximum absolute atomic E-state index is 11.4. The van der Waals surface area contributed by atoms with Gasteiger partial charge in [0.1, 0.15) is 0 Å². The molecule has 1 N–H and O–H groups in total. The maximum atomic E-state index is 11.4. The van der Waals surface area contributed by atoms with Gasteiger partial charge in [0.25, 0.3) is 0 Å². The molecule has 1 rings (SSSR count). The minimum absolute atomic E-state index is 0.142. The summed E-state index contributed by atoms with van der Waals surface area (Å²) in [6.07, 6.45) is 1.29. The van der Waals surface area contributed by atoms with E-state index in [2.05, 4.69) is 15.9 Å². The molecule has 0 aliphatic carbocycles. The standard InChI is InChI=1S/C9H14BrNO3/c10-5-7-4-8(12)11(6-7)3-1-2-9(13)14/h7H,1-6H2,(H,13,14). The van der Waals surface area contributed by atoms with Gasteiger partial charge >= 0.3 is 5.97 Å². The average Bonchev–Trinajstić information content (AvgIpc) is 2.47. The lowest BCUT2D eigenvalue weighted by Crippen LogP contribution is -2.26. The van der Waals surface area contributed by atoms with E-state index in [4.69, 9.17) is 5.11 Å². The van der Waals surface area contributed by atoms with E-state index in [0.717, 1.165) is 11.9 Å². The van der Waals surface area contributed by atoms with E-state index in [1.54, 1.807) is 4.90 Å². The number of carboxylic acids is 1. The largest absolute Gasteiger partial charge is 0.481 e. The van der Waals surface area contributed by atoms with Crippen LogP contribution in [0.1, 0.15) is 19.3 Å². The lowest BCUT2D eigenvalue weighted by Gasteiger charge is -2.15. The summed E-state index contributed by atoms with van der Waals surface area (Å²) in [6.45, 7) is 1.35. The number of hydrogen-bond donors (Lipinski definition) is 1. The lowest BCUT2D eigenvalue weighted by molar-refractivity contribution is -0.137. The van der Waals surface area contributed by atoms with Gasteiger partial charge < -0.3 is 10.0 Å². The zero-order valence-electron chi connectivity index (χ0n) is 7.91. The number of carbonyl (C=O) groups excluding carboxylic acids is 1. The Balaban J connectivity index is 2.25. The van der Waals surface area contributed by atoms with Crippen molar-refractivity contribution < 1.29 is 14.7 Å². The van der Waals surface area contributed by atoms with Crippen LogP contribution in [0.25, 0.3) is 0 Å². The van der Waals surface area contributed by atoms with Crippen molar-refractivity contribution in [3.63, 3.8) is 0 Å². The Hall–Kier alpha value is -0.580. The Morgan fingerprint density at radius 2 is 2.36 bits per heavy atom. The second kappa shape index (κ2) is 5.34. The third-order valence-corrected chi connectivity index (χ3v) is 3.25. The Bertz CT molecular complexity index is 232. The molecule has 1 saturated heterocycles. The van der Waals surface area contributed by atoms with Crippen LogP contribution in [0.15, 0.2) is 0 Å². The summed E-state index contributed by atoms with van der Waals surface area (Å²) in [6, 6.07) is 0. The van der Waals surface area contributed by atoms with Crippen molar-refractivity contribution in [2.24, 2.45) is 5.92 Å². The number of likely N-dealkylation sites (tertiary alicyclic amines) is 1. The average molecular weight is 264 g/mol. The molecule has 0 bridgehead atoms. The molecule has 0 saturated carbocycles. The van der Waals surface area contributed by atoms with Gasteiger partial charge in [-0.05, 0) is 12.3 Å². The number of rotatable bonds is 5. The van der Waals surface area contributed by atoms with Gasteiger partial charge in [0, 0.05) is 31.3 Å². The first kappa shape index (κ1) is 11.5. The van der Waals surface area contributed by atoms with Gasteiger partial charge in [-0.1, -0.05) is 15.9 Å². The molecule has 1 unspecified atom stereocenters. The van der Waals surface area contributed by atoms with Crippen LogP contribution in [0.3, 0.4) is 0 Å². The predicted octanol–water partition coefficient (Wildman–Crippen LogP) is 1.09. The molecule has 1 atom stereocenters. The zero-order valence-corrected chi connectivity index (χ0v) is 9.49. The third kappa shape index (κ3) is 3.29. The van der Waals surface area contributed by atoms with Crippen LogP contribution in [0.5, 0.6) is 0 Å². The summed E-state index contributed by atoms with van der Waals surface area (Å²) in [5.41, 5.74) is 0. The van der Waals surface area contributed by atoms with Crippen molar-refractivity contribution in [3.05, 3.63) is 0 Å². The molecule has 80 valence electrons. The van der Waals surface area contributed by atoms with E-state index < -0.39 is 5.97 Å². The molecule has 1 fully saturated rings. The molecular weight excluding hydrogens is 250 g/mol. The van der Waals surface area contributed by atoms with E-state index in [0.29, 0.717) is 25.3 Å². The second-order valence-electron chi connectivity index (χ2n) is 3.56. The normalized spacial score (nSPS) is 21.6. The maximum Gasteiger partial charge on any atom is 0.303 e. The van der Waals surface area contributed by atoms with Crippen molar-refractivity contribution >= 4 is 27.8 Å². The Morgan fingerprint density at radius 1 is 1.64 bits per heavy atom. The lowest BCUT2D eigenvalue weighted by atomic mass is 10.2. The van der Waals surface area contributed by atoms with E-state index in [9.17, 15) is 9.59 Å². The topological polar surface area (TPSA) is 57.6 Å². The highest BCUT2D eigenvalue weighted by atomic mass is 79.9. The molecule has 0 aromatic rings. The molecule has 1 heterocycles. The predicted molar refractivity (Wildman–Crippen MR) is 55.4 cm³/mol. The number of amides is 1. The molecule has 0 spiro atoms. The van der Waals surface area contributed by atoms with Crippen LogP contribution in [0.2, 0.25) is 0 Å². The van der Waals surface area contributed by atoms with Crippen LogP contribution in [-0.4, -0.2) is 40.3 Å². The quantitative estimate of drug-likeness (QED) is 0.756. The third-order valence-electron chi connectivity index (χ3n) is 2.33. The number of halogens is 1. The van der Waals surface area contributed by atoms with E-state index >= 15 is 0 Å². The number of carboxylic acid groups (broad SMARTS) is 1. The van der Waals surface area contributed by atoms with E-state index in [1.165, 1.54) is 0 Å². The summed E-state index contributed by atoms with van der Waals surface area (Å²) in [4.78, 5) is 23.4. The highest BCUT2D eigenvalue weighted by Crippen LogP contribution is 2.19. The molecule has 0 radical (unpaired) electrons. The van der Waals surface area contributed by atoms with Crippen LogP contribution < -0.4 is 0 Å². The number of carbonyl (C=O) groups is 2. The molecule has 1 amide bonds. The fraction of sp³-hybridized carbons (Fsp3) is 0.778. The molecule has 1 aliphatic rings. The molecule has 14 heavy (non-hydrogen) atoms. The summed E-state index contributed by atoms with van der Waals surface area (Å²) in [5, 5.41) is 9.28.